The van der Waals surface area contributed by atoms with Crippen molar-refractivity contribution >= 4 is 11.5 Å². The zero-order valence-electron chi connectivity index (χ0n) is 10.1. The molecular formula is C13H19N3O. The van der Waals surface area contributed by atoms with Gasteiger partial charge in [0.15, 0.2) is 0 Å². The number of nitrogens with one attached hydrogen (secondary N) is 1. The standard InChI is InChI=1S/C13H19N3O/c1-13(17)6-8-16(9-7-13)11-4-2-10(3-5-11)12(14)15/h2-5,17H,6-9H2,1H3,(H3,14,15). The van der Waals surface area contributed by atoms with Gasteiger partial charge in [0.2, 0.25) is 0 Å². The van der Waals surface area contributed by atoms with Crippen LogP contribution in [0.4, 0.5) is 5.69 Å². The number of nitrogen functional groups attached to an aromatic ring is 1. The average Bonchev–Trinajstić information content (AvgIpc) is 2.29. The van der Waals surface area contributed by atoms with Crippen LogP contribution in [-0.2, 0) is 0 Å². The summed E-state index contributed by atoms with van der Waals surface area (Å²) in [6, 6.07) is 7.70. The second-order valence-corrected chi connectivity index (χ2v) is 4.94. The quantitative estimate of drug-likeness (QED) is 0.533. The summed E-state index contributed by atoms with van der Waals surface area (Å²) in [6.45, 7) is 3.63. The van der Waals surface area contributed by atoms with Crippen molar-refractivity contribution in [3.63, 3.8) is 0 Å². The van der Waals surface area contributed by atoms with Crippen LogP contribution in [0.15, 0.2) is 24.3 Å². The summed E-state index contributed by atoms with van der Waals surface area (Å²) in [5.74, 6) is 0.0955. The maximum Gasteiger partial charge on any atom is 0.122 e. The number of rotatable bonds is 2. The van der Waals surface area contributed by atoms with Crippen molar-refractivity contribution in [3.8, 4) is 0 Å². The number of anilines is 1. The molecule has 1 saturated heterocycles. The van der Waals surface area contributed by atoms with Gasteiger partial charge in [-0.3, -0.25) is 5.41 Å². The first-order valence-corrected chi connectivity index (χ1v) is 5.90. The van der Waals surface area contributed by atoms with Crippen molar-refractivity contribution in [1.29, 1.82) is 5.41 Å². The van der Waals surface area contributed by atoms with Gasteiger partial charge in [-0.25, -0.2) is 0 Å². The van der Waals surface area contributed by atoms with Crippen molar-refractivity contribution in [3.05, 3.63) is 29.8 Å². The number of amidine groups is 1. The van der Waals surface area contributed by atoms with Gasteiger partial charge in [0.1, 0.15) is 5.84 Å². The minimum Gasteiger partial charge on any atom is -0.390 e. The van der Waals surface area contributed by atoms with E-state index in [1.165, 1.54) is 0 Å². The lowest BCUT2D eigenvalue weighted by molar-refractivity contribution is 0.0351. The summed E-state index contributed by atoms with van der Waals surface area (Å²) in [5, 5.41) is 17.2. The van der Waals surface area contributed by atoms with Gasteiger partial charge in [0.25, 0.3) is 0 Å². The van der Waals surface area contributed by atoms with Crippen LogP contribution < -0.4 is 10.6 Å². The maximum absolute atomic E-state index is 9.88. The molecular weight excluding hydrogens is 214 g/mol. The van der Waals surface area contributed by atoms with E-state index in [-0.39, 0.29) is 5.84 Å². The smallest absolute Gasteiger partial charge is 0.122 e. The molecule has 0 aliphatic carbocycles. The normalized spacial score (nSPS) is 19.1. The molecule has 0 spiro atoms. The van der Waals surface area contributed by atoms with Crippen LogP contribution in [0, 0.1) is 5.41 Å². The zero-order chi connectivity index (χ0) is 12.5. The lowest BCUT2D eigenvalue weighted by atomic mass is 9.93. The molecule has 1 aliphatic rings. The minimum atomic E-state index is -0.518. The van der Waals surface area contributed by atoms with Crippen LogP contribution in [0.3, 0.4) is 0 Å². The fourth-order valence-corrected chi connectivity index (χ4v) is 2.10. The fourth-order valence-electron chi connectivity index (χ4n) is 2.10. The molecule has 0 atom stereocenters. The van der Waals surface area contributed by atoms with Crippen LogP contribution in [0.1, 0.15) is 25.3 Å². The molecule has 1 heterocycles. The summed E-state index contributed by atoms with van der Waals surface area (Å²) in [7, 11) is 0. The van der Waals surface area contributed by atoms with Crippen molar-refractivity contribution in [2.45, 2.75) is 25.4 Å². The van der Waals surface area contributed by atoms with E-state index in [1.54, 1.807) is 0 Å². The Morgan fingerprint density at radius 3 is 2.29 bits per heavy atom. The predicted octanol–water partition coefficient (Wildman–Crippen LogP) is 1.32. The molecule has 1 aromatic rings. The lowest BCUT2D eigenvalue weighted by Crippen LogP contribution is -2.42. The van der Waals surface area contributed by atoms with E-state index in [0.29, 0.717) is 0 Å². The largest absolute Gasteiger partial charge is 0.390 e. The second-order valence-electron chi connectivity index (χ2n) is 4.94. The molecule has 4 N–H and O–H groups in total. The Labute approximate surface area is 102 Å². The van der Waals surface area contributed by atoms with E-state index in [0.717, 1.165) is 37.2 Å². The van der Waals surface area contributed by atoms with Gasteiger partial charge in [0, 0.05) is 24.3 Å². The van der Waals surface area contributed by atoms with E-state index >= 15 is 0 Å². The lowest BCUT2D eigenvalue weighted by Gasteiger charge is -2.37. The Morgan fingerprint density at radius 1 is 1.29 bits per heavy atom. The van der Waals surface area contributed by atoms with Crippen molar-refractivity contribution in [2.75, 3.05) is 18.0 Å². The minimum absolute atomic E-state index is 0.0955. The van der Waals surface area contributed by atoms with Crippen molar-refractivity contribution in [1.82, 2.24) is 0 Å². The number of hydrogen-bond donors (Lipinski definition) is 3. The molecule has 4 nitrogen and oxygen atoms in total. The molecule has 1 aliphatic heterocycles. The third kappa shape index (κ3) is 2.77. The third-order valence-electron chi connectivity index (χ3n) is 3.38. The van der Waals surface area contributed by atoms with Gasteiger partial charge in [-0.2, -0.15) is 0 Å². The molecule has 92 valence electrons. The molecule has 17 heavy (non-hydrogen) atoms. The molecule has 0 radical (unpaired) electrons. The summed E-state index contributed by atoms with van der Waals surface area (Å²) >= 11 is 0. The van der Waals surface area contributed by atoms with E-state index in [4.69, 9.17) is 11.1 Å². The molecule has 0 saturated carbocycles. The number of nitrogens with two attached hydrogens (primary N) is 1. The molecule has 1 fully saturated rings. The molecule has 4 heteroatoms. The molecule has 2 rings (SSSR count). The fraction of sp³-hybridized carbons (Fsp3) is 0.462. The molecule has 1 aromatic carbocycles. The maximum atomic E-state index is 9.88. The monoisotopic (exact) mass is 233 g/mol. The number of nitrogens with zero attached hydrogens (tertiary/aromatic N) is 1. The molecule has 0 amide bonds. The Morgan fingerprint density at radius 2 is 1.82 bits per heavy atom. The zero-order valence-corrected chi connectivity index (χ0v) is 10.1. The van der Waals surface area contributed by atoms with Crippen molar-refractivity contribution < 1.29 is 5.11 Å². The predicted molar refractivity (Wildman–Crippen MR) is 69.5 cm³/mol. The topological polar surface area (TPSA) is 73.3 Å². The van der Waals surface area contributed by atoms with Crippen LogP contribution in [0.25, 0.3) is 0 Å². The van der Waals surface area contributed by atoms with E-state index in [1.807, 2.05) is 31.2 Å². The summed E-state index contributed by atoms with van der Waals surface area (Å²) in [5.41, 5.74) is 6.77. The van der Waals surface area contributed by atoms with E-state index in [2.05, 4.69) is 4.90 Å². The Hall–Kier alpha value is -1.55. The molecule has 0 bridgehead atoms. The van der Waals surface area contributed by atoms with E-state index in [9.17, 15) is 5.11 Å². The number of benzene rings is 1. The first kappa shape index (κ1) is 11.9. The first-order valence-electron chi connectivity index (χ1n) is 5.90. The highest BCUT2D eigenvalue weighted by Gasteiger charge is 2.27. The van der Waals surface area contributed by atoms with Crippen molar-refractivity contribution in [2.24, 2.45) is 5.73 Å². The summed E-state index contributed by atoms with van der Waals surface area (Å²) < 4.78 is 0. The highest BCUT2D eigenvalue weighted by molar-refractivity contribution is 5.95. The third-order valence-corrected chi connectivity index (χ3v) is 3.38. The van der Waals surface area contributed by atoms with Crippen LogP contribution in [0.2, 0.25) is 0 Å². The Bertz CT molecular complexity index is 401. The SMILES string of the molecule is CC1(O)CCN(c2ccc(C(=N)N)cc2)CC1. The van der Waals surface area contributed by atoms with Crippen LogP contribution in [-0.4, -0.2) is 29.6 Å². The van der Waals surface area contributed by atoms with Gasteiger partial charge in [-0.05, 0) is 44.0 Å². The highest BCUT2D eigenvalue weighted by Crippen LogP contribution is 2.25. The highest BCUT2D eigenvalue weighted by atomic mass is 16.3. The average molecular weight is 233 g/mol. The van der Waals surface area contributed by atoms with Gasteiger partial charge in [0.05, 0.1) is 5.60 Å². The van der Waals surface area contributed by atoms with Gasteiger partial charge < -0.3 is 15.7 Å². The van der Waals surface area contributed by atoms with Gasteiger partial charge in [-0.15, -0.1) is 0 Å². The van der Waals surface area contributed by atoms with Gasteiger partial charge >= 0.3 is 0 Å². The second kappa shape index (κ2) is 4.37. The molecule has 0 aromatic heterocycles. The number of piperidine rings is 1. The summed E-state index contributed by atoms with van der Waals surface area (Å²) in [4.78, 5) is 2.25. The number of aliphatic hydroxyl groups is 1. The molecule has 0 unspecified atom stereocenters. The van der Waals surface area contributed by atoms with Gasteiger partial charge in [-0.1, -0.05) is 0 Å². The Balaban J connectivity index is 2.06. The van der Waals surface area contributed by atoms with Crippen LogP contribution >= 0.6 is 0 Å². The number of hydrogen-bond acceptors (Lipinski definition) is 3. The first-order chi connectivity index (χ1) is 7.98. The summed E-state index contributed by atoms with van der Waals surface area (Å²) in [6.07, 6.45) is 1.59. The Kier molecular flexibility index (Phi) is 3.07. The van der Waals surface area contributed by atoms with Crippen LogP contribution in [0.5, 0.6) is 0 Å². The van der Waals surface area contributed by atoms with E-state index < -0.39 is 5.60 Å².